The van der Waals surface area contributed by atoms with Crippen LogP contribution in [0.15, 0.2) is 54.9 Å². The van der Waals surface area contributed by atoms with Crippen LogP contribution < -0.4 is 5.32 Å². The largest absolute Gasteiger partial charge is 0.376 e. The maximum atomic E-state index is 6.38. The summed E-state index contributed by atoms with van der Waals surface area (Å²) in [5.74, 6) is 1.00. The number of para-hydroxylation sites is 1. The molecule has 2 nitrogen and oxygen atoms in total. The van der Waals surface area contributed by atoms with Gasteiger partial charge in [-0.05, 0) is 35.6 Å². The third kappa shape index (κ3) is 1.75. The van der Waals surface area contributed by atoms with Gasteiger partial charge in [0.1, 0.15) is 0 Å². The predicted octanol–water partition coefficient (Wildman–Crippen LogP) is 4.56. The summed E-state index contributed by atoms with van der Waals surface area (Å²) >= 11 is 6.38. The molecule has 0 saturated heterocycles. The van der Waals surface area contributed by atoms with Crippen molar-refractivity contribution in [2.75, 3.05) is 5.32 Å². The van der Waals surface area contributed by atoms with Crippen LogP contribution in [-0.4, -0.2) is 4.98 Å². The molecule has 0 amide bonds. The minimum atomic E-state index is 0.274. The van der Waals surface area contributed by atoms with Gasteiger partial charge in [-0.1, -0.05) is 42.0 Å². The molecule has 2 heterocycles. The van der Waals surface area contributed by atoms with Gasteiger partial charge in [0.15, 0.2) is 0 Å². The van der Waals surface area contributed by atoms with Crippen molar-refractivity contribution in [2.45, 2.75) is 18.4 Å². The molecule has 1 N–H and O–H groups in total. The number of hydrogen-bond acceptors (Lipinski definition) is 2. The van der Waals surface area contributed by atoms with E-state index in [4.69, 9.17) is 11.6 Å². The van der Waals surface area contributed by atoms with Crippen LogP contribution in [0, 0.1) is 5.92 Å². The Balaban J connectivity index is 1.83. The highest BCUT2D eigenvalue weighted by molar-refractivity contribution is 6.33. The molecule has 3 heteroatoms. The van der Waals surface area contributed by atoms with Crippen molar-refractivity contribution in [1.82, 2.24) is 4.98 Å². The Morgan fingerprint density at radius 2 is 2.15 bits per heavy atom. The number of pyridine rings is 1. The smallest absolute Gasteiger partial charge is 0.0640 e. The van der Waals surface area contributed by atoms with E-state index in [-0.39, 0.29) is 6.04 Å². The average molecular weight is 283 g/mol. The third-order valence-corrected chi connectivity index (χ3v) is 4.70. The lowest BCUT2D eigenvalue weighted by molar-refractivity contribution is 0.425. The second-order valence-electron chi connectivity index (χ2n) is 5.47. The number of rotatable bonds is 1. The number of halogens is 1. The molecule has 3 atom stereocenters. The van der Waals surface area contributed by atoms with Gasteiger partial charge >= 0.3 is 0 Å². The zero-order valence-electron chi connectivity index (χ0n) is 11.0. The van der Waals surface area contributed by atoms with Gasteiger partial charge in [0.2, 0.25) is 0 Å². The Hall–Kier alpha value is -1.80. The number of allylic oxidation sites excluding steroid dienone is 2. The Bertz CT molecular complexity index is 666. The average Bonchev–Trinajstić information content (AvgIpc) is 2.97. The van der Waals surface area contributed by atoms with Gasteiger partial charge in [-0.15, -0.1) is 0 Å². The summed E-state index contributed by atoms with van der Waals surface area (Å²) in [5.41, 5.74) is 3.63. The van der Waals surface area contributed by atoms with Crippen LogP contribution in [0.3, 0.4) is 0 Å². The SMILES string of the molecule is Clc1cccc2c1N[C@@H](c1cccnc1)[C@H]1CC=C[C@@H]21. The lowest BCUT2D eigenvalue weighted by Gasteiger charge is -2.37. The monoisotopic (exact) mass is 282 g/mol. The van der Waals surface area contributed by atoms with Gasteiger partial charge in [-0.2, -0.15) is 0 Å². The van der Waals surface area contributed by atoms with Gasteiger partial charge in [-0.25, -0.2) is 0 Å². The molecule has 2 aliphatic rings. The first-order valence-corrected chi connectivity index (χ1v) is 7.34. The van der Waals surface area contributed by atoms with Crippen LogP contribution in [0.4, 0.5) is 5.69 Å². The second-order valence-corrected chi connectivity index (χ2v) is 5.87. The quantitative estimate of drug-likeness (QED) is 0.776. The van der Waals surface area contributed by atoms with Gasteiger partial charge < -0.3 is 5.32 Å². The fourth-order valence-electron chi connectivity index (χ4n) is 3.47. The number of nitrogens with zero attached hydrogens (tertiary/aromatic N) is 1. The standard InChI is InChI=1S/C17H15ClN2/c18-15-8-2-7-14-12-5-1-6-13(12)16(20-17(14)15)11-4-3-9-19-10-11/h1-5,7-10,12-13,16,20H,6H2/t12-,13+,16+/m1/s1. The number of benzene rings is 1. The summed E-state index contributed by atoms with van der Waals surface area (Å²) in [6, 6.07) is 10.6. The van der Waals surface area contributed by atoms with E-state index >= 15 is 0 Å². The Labute approximate surface area is 123 Å². The van der Waals surface area contributed by atoms with Crippen LogP contribution in [0.1, 0.15) is 29.5 Å². The lowest BCUT2D eigenvalue weighted by atomic mass is 9.77. The van der Waals surface area contributed by atoms with Crippen molar-refractivity contribution in [2.24, 2.45) is 5.92 Å². The van der Waals surface area contributed by atoms with E-state index < -0.39 is 0 Å². The van der Waals surface area contributed by atoms with E-state index in [1.54, 1.807) is 0 Å². The molecule has 0 saturated carbocycles. The number of aromatic nitrogens is 1. The van der Waals surface area contributed by atoms with Crippen LogP contribution in [0.2, 0.25) is 5.02 Å². The summed E-state index contributed by atoms with van der Waals surface area (Å²) < 4.78 is 0. The van der Waals surface area contributed by atoms with Crippen molar-refractivity contribution in [3.05, 3.63) is 71.0 Å². The third-order valence-electron chi connectivity index (χ3n) is 4.39. The minimum Gasteiger partial charge on any atom is -0.376 e. The maximum absolute atomic E-state index is 6.38. The molecule has 1 aliphatic heterocycles. The van der Waals surface area contributed by atoms with Crippen molar-refractivity contribution < 1.29 is 0 Å². The zero-order chi connectivity index (χ0) is 13.5. The fraction of sp³-hybridized carbons (Fsp3) is 0.235. The molecule has 0 unspecified atom stereocenters. The molecule has 0 radical (unpaired) electrons. The molecule has 1 aliphatic carbocycles. The molecule has 2 aromatic rings. The van der Waals surface area contributed by atoms with Crippen LogP contribution >= 0.6 is 11.6 Å². The number of fused-ring (bicyclic) bond motifs is 3. The maximum Gasteiger partial charge on any atom is 0.0640 e. The van der Waals surface area contributed by atoms with Crippen LogP contribution in [0.25, 0.3) is 0 Å². The summed E-state index contributed by atoms with van der Waals surface area (Å²) in [4.78, 5) is 4.26. The van der Waals surface area contributed by atoms with Crippen molar-refractivity contribution in [3.63, 3.8) is 0 Å². The minimum absolute atomic E-state index is 0.274. The first-order chi connectivity index (χ1) is 9.84. The molecule has 1 aromatic heterocycles. The Morgan fingerprint density at radius 1 is 1.20 bits per heavy atom. The van der Waals surface area contributed by atoms with Crippen molar-refractivity contribution >= 4 is 17.3 Å². The summed E-state index contributed by atoms with van der Waals surface area (Å²) in [6.07, 6.45) is 9.48. The fourth-order valence-corrected chi connectivity index (χ4v) is 3.71. The van der Waals surface area contributed by atoms with E-state index in [0.717, 1.165) is 17.1 Å². The summed E-state index contributed by atoms with van der Waals surface area (Å²) in [6.45, 7) is 0. The molecule has 0 bridgehead atoms. The van der Waals surface area contributed by atoms with Crippen molar-refractivity contribution in [1.29, 1.82) is 0 Å². The Kier molecular flexibility index (Phi) is 2.78. The predicted molar refractivity (Wildman–Crippen MR) is 82.0 cm³/mol. The lowest BCUT2D eigenvalue weighted by Crippen LogP contribution is -2.29. The highest BCUT2D eigenvalue weighted by Crippen LogP contribution is 2.51. The van der Waals surface area contributed by atoms with Crippen molar-refractivity contribution in [3.8, 4) is 0 Å². The van der Waals surface area contributed by atoms with Gasteiger partial charge in [0, 0.05) is 18.3 Å². The molecule has 0 fully saturated rings. The number of nitrogens with one attached hydrogen (secondary N) is 1. The van der Waals surface area contributed by atoms with E-state index in [9.17, 15) is 0 Å². The van der Waals surface area contributed by atoms with Gasteiger partial charge in [-0.3, -0.25) is 4.98 Å². The highest BCUT2D eigenvalue weighted by Gasteiger charge is 2.38. The number of anilines is 1. The highest BCUT2D eigenvalue weighted by atomic mass is 35.5. The Morgan fingerprint density at radius 3 is 3.00 bits per heavy atom. The van der Waals surface area contributed by atoms with Crippen LogP contribution in [0.5, 0.6) is 0 Å². The molecule has 20 heavy (non-hydrogen) atoms. The normalized spacial score (nSPS) is 26.8. The molecular formula is C17H15ClN2. The molecule has 4 rings (SSSR count). The topological polar surface area (TPSA) is 24.9 Å². The van der Waals surface area contributed by atoms with Gasteiger partial charge in [0.25, 0.3) is 0 Å². The summed E-state index contributed by atoms with van der Waals surface area (Å²) in [7, 11) is 0. The first kappa shape index (κ1) is 12.0. The van der Waals surface area contributed by atoms with E-state index in [1.807, 2.05) is 30.6 Å². The molecule has 0 spiro atoms. The van der Waals surface area contributed by atoms with Gasteiger partial charge in [0.05, 0.1) is 16.8 Å². The molecule has 100 valence electrons. The first-order valence-electron chi connectivity index (χ1n) is 6.96. The zero-order valence-corrected chi connectivity index (χ0v) is 11.7. The van der Waals surface area contributed by atoms with E-state index in [0.29, 0.717) is 11.8 Å². The van der Waals surface area contributed by atoms with E-state index in [1.165, 1.54) is 11.1 Å². The summed E-state index contributed by atoms with van der Waals surface area (Å²) in [5, 5.41) is 4.44. The number of hydrogen-bond donors (Lipinski definition) is 1. The second kappa shape index (κ2) is 4.64. The molecular weight excluding hydrogens is 268 g/mol. The van der Waals surface area contributed by atoms with Crippen LogP contribution in [-0.2, 0) is 0 Å². The van der Waals surface area contributed by atoms with E-state index in [2.05, 4.69) is 34.6 Å². The molecule has 1 aromatic carbocycles.